The van der Waals surface area contributed by atoms with Crippen molar-refractivity contribution >= 4 is 12.2 Å². The first-order chi connectivity index (χ1) is 20.3. The molecule has 0 unspecified atom stereocenters. The summed E-state index contributed by atoms with van der Waals surface area (Å²) in [5, 5.41) is 0. The lowest BCUT2D eigenvalue weighted by atomic mass is 10.0. The Morgan fingerprint density at radius 3 is 1.10 bits per heavy atom. The summed E-state index contributed by atoms with van der Waals surface area (Å²) in [7, 11) is 2.05. The van der Waals surface area contributed by atoms with Crippen molar-refractivity contribution in [2.45, 2.75) is 167 Å². The van der Waals surface area contributed by atoms with E-state index in [4.69, 9.17) is 0 Å². The van der Waals surface area contributed by atoms with Crippen molar-refractivity contribution < 1.29 is 4.57 Å². The largest absolute Gasteiger partial charge is 0.208 e. The van der Waals surface area contributed by atoms with E-state index in [0.29, 0.717) is 0 Å². The molecule has 1 heterocycles. The van der Waals surface area contributed by atoms with Gasteiger partial charge in [0.25, 0.3) is 0 Å². The van der Waals surface area contributed by atoms with Gasteiger partial charge < -0.3 is 0 Å². The maximum Gasteiger partial charge on any atom is 0.169 e. The summed E-state index contributed by atoms with van der Waals surface area (Å²) in [5.41, 5.74) is 4.00. The van der Waals surface area contributed by atoms with Gasteiger partial charge in [-0.2, -0.15) is 0 Å². The molecule has 41 heavy (non-hydrogen) atoms. The van der Waals surface area contributed by atoms with Crippen LogP contribution in [0.5, 0.6) is 0 Å². The second-order valence-corrected chi connectivity index (χ2v) is 12.8. The molecule has 0 saturated heterocycles. The molecule has 0 spiro atoms. The summed E-state index contributed by atoms with van der Waals surface area (Å²) in [6, 6.07) is 13.4. The summed E-state index contributed by atoms with van der Waals surface area (Å²) in [4.78, 5) is 0. The molecule has 0 N–H and O–H groups in total. The third-order valence-electron chi connectivity index (χ3n) is 8.77. The molecular formula is C40H66N+. The topological polar surface area (TPSA) is 3.88 Å². The molecule has 0 aliphatic carbocycles. The molecule has 0 amide bonds. The fourth-order valence-electron chi connectivity index (χ4n) is 5.90. The zero-order chi connectivity index (χ0) is 29.1. The lowest BCUT2D eigenvalue weighted by Crippen LogP contribution is -2.25. The highest BCUT2D eigenvalue weighted by Gasteiger charge is 1.98. The quantitative estimate of drug-likeness (QED) is 0.0755. The van der Waals surface area contributed by atoms with E-state index in [1.165, 1.54) is 177 Å². The molecule has 0 bridgehead atoms. The molecule has 1 aromatic carbocycles. The van der Waals surface area contributed by atoms with E-state index < -0.39 is 0 Å². The number of hydrogen-bond donors (Lipinski definition) is 0. The Morgan fingerprint density at radius 2 is 0.732 bits per heavy atom. The minimum atomic E-state index is 1.22. The zero-order valence-electron chi connectivity index (χ0n) is 27.4. The fraction of sp³-hybridized carbons (Fsp3) is 0.675. The summed E-state index contributed by atoms with van der Waals surface area (Å²) >= 11 is 0. The maximum absolute atomic E-state index is 2.31. The van der Waals surface area contributed by atoms with E-state index in [-0.39, 0.29) is 0 Å². The summed E-state index contributed by atoms with van der Waals surface area (Å²) in [6.07, 6.45) is 44.7. The van der Waals surface area contributed by atoms with Crippen molar-refractivity contribution in [1.29, 1.82) is 0 Å². The lowest BCUT2D eigenvalue weighted by molar-refractivity contribution is -0.671. The van der Waals surface area contributed by atoms with Crippen molar-refractivity contribution in [3.8, 4) is 0 Å². The van der Waals surface area contributed by atoms with E-state index in [9.17, 15) is 0 Å². The highest BCUT2D eigenvalue weighted by Crippen LogP contribution is 2.16. The molecule has 0 fully saturated rings. The van der Waals surface area contributed by atoms with Crippen LogP contribution in [-0.4, -0.2) is 0 Å². The Hall–Kier alpha value is -1.89. The lowest BCUT2D eigenvalue weighted by Gasteiger charge is -2.05. The Morgan fingerprint density at radius 1 is 0.415 bits per heavy atom. The number of hydrogen-bond acceptors (Lipinski definition) is 0. The molecule has 0 aliphatic rings. The number of rotatable bonds is 27. The molecule has 0 aliphatic heterocycles. The molecule has 1 aromatic heterocycles. The first-order valence-corrected chi connectivity index (χ1v) is 18.0. The van der Waals surface area contributed by atoms with Crippen molar-refractivity contribution in [2.24, 2.45) is 7.05 Å². The number of aryl methyl sites for hydroxylation is 2. The van der Waals surface area contributed by atoms with Gasteiger partial charge in [-0.05, 0) is 29.5 Å². The van der Waals surface area contributed by atoms with Crippen LogP contribution in [0.3, 0.4) is 0 Å². The van der Waals surface area contributed by atoms with E-state index in [2.05, 4.69) is 79.5 Å². The van der Waals surface area contributed by atoms with Crippen LogP contribution in [0.25, 0.3) is 12.2 Å². The normalized spacial score (nSPS) is 11.6. The second-order valence-electron chi connectivity index (χ2n) is 12.8. The smallest absolute Gasteiger partial charge is 0.169 e. The summed E-state index contributed by atoms with van der Waals surface area (Å²) in [6.45, 7) is 2.30. The monoisotopic (exact) mass is 561 g/mol. The van der Waals surface area contributed by atoms with Gasteiger partial charge in [0.05, 0.1) is 0 Å². The molecule has 2 aromatic rings. The number of nitrogens with zero attached hydrogens (tertiary/aromatic N) is 1. The molecule has 0 atom stereocenters. The Labute approximate surface area is 256 Å². The molecule has 230 valence electrons. The van der Waals surface area contributed by atoms with Crippen LogP contribution in [0.1, 0.15) is 178 Å². The highest BCUT2D eigenvalue weighted by molar-refractivity contribution is 5.69. The zero-order valence-corrected chi connectivity index (χ0v) is 27.4. The minimum Gasteiger partial charge on any atom is -0.208 e. The van der Waals surface area contributed by atoms with Gasteiger partial charge in [0.1, 0.15) is 7.05 Å². The van der Waals surface area contributed by atoms with Gasteiger partial charge in [-0.1, -0.05) is 191 Å². The molecular weight excluding hydrogens is 494 g/mol. The summed E-state index contributed by atoms with van der Waals surface area (Å²) in [5.74, 6) is 0. The Bertz CT molecular complexity index is 847. The van der Waals surface area contributed by atoms with Gasteiger partial charge in [-0.3, -0.25) is 0 Å². The number of benzene rings is 1. The van der Waals surface area contributed by atoms with Gasteiger partial charge in [0.15, 0.2) is 12.4 Å². The average molecular weight is 561 g/mol. The van der Waals surface area contributed by atoms with Gasteiger partial charge in [-0.15, -0.1) is 0 Å². The van der Waals surface area contributed by atoms with Crippen LogP contribution in [0.15, 0.2) is 48.8 Å². The SMILES string of the molecule is CCCCCCCCCCCCCCCCCCCCCCCCCCc1ccc(C=Cc2cc[n+](C)cc2)cc1. The number of pyridine rings is 1. The predicted molar refractivity (Wildman–Crippen MR) is 183 cm³/mol. The van der Waals surface area contributed by atoms with Crippen molar-refractivity contribution in [1.82, 2.24) is 0 Å². The summed E-state index contributed by atoms with van der Waals surface area (Å²) < 4.78 is 2.06. The first kappa shape index (κ1) is 35.3. The van der Waals surface area contributed by atoms with Crippen molar-refractivity contribution in [3.05, 3.63) is 65.5 Å². The standard InChI is InChI=1S/C40H66N/c1-3-4-5-6-7-8-9-10-11-12-13-14-15-16-17-18-19-20-21-22-23-24-25-26-27-38-28-30-39(31-29-38)32-33-40-34-36-41(2)37-35-40/h28-37H,3-27H2,1-2H3/q+1. The molecule has 0 saturated carbocycles. The van der Waals surface area contributed by atoms with Crippen LogP contribution in [0, 0.1) is 0 Å². The van der Waals surface area contributed by atoms with Crippen LogP contribution < -0.4 is 4.57 Å². The average Bonchev–Trinajstić information content (AvgIpc) is 2.99. The molecule has 1 heteroatoms. The van der Waals surface area contributed by atoms with Gasteiger partial charge in [0.2, 0.25) is 0 Å². The Balaban J connectivity index is 1.28. The number of unbranched alkanes of at least 4 members (excludes halogenated alkanes) is 23. The van der Waals surface area contributed by atoms with Crippen molar-refractivity contribution in [2.75, 3.05) is 0 Å². The fourth-order valence-corrected chi connectivity index (χ4v) is 5.90. The van der Waals surface area contributed by atoms with Gasteiger partial charge in [-0.25, -0.2) is 4.57 Å². The first-order valence-electron chi connectivity index (χ1n) is 18.0. The second kappa shape index (κ2) is 25.8. The third kappa shape index (κ3) is 20.6. The van der Waals surface area contributed by atoms with Crippen LogP contribution >= 0.6 is 0 Å². The van der Waals surface area contributed by atoms with E-state index in [1.807, 2.05) is 0 Å². The maximum atomic E-state index is 2.31. The third-order valence-corrected chi connectivity index (χ3v) is 8.77. The van der Waals surface area contributed by atoms with Crippen LogP contribution in [0.2, 0.25) is 0 Å². The highest BCUT2D eigenvalue weighted by atomic mass is 14.9. The minimum absolute atomic E-state index is 1.22. The van der Waals surface area contributed by atoms with Gasteiger partial charge >= 0.3 is 0 Å². The van der Waals surface area contributed by atoms with Gasteiger partial charge in [0, 0.05) is 12.1 Å². The van der Waals surface area contributed by atoms with Crippen LogP contribution in [-0.2, 0) is 13.5 Å². The molecule has 0 radical (unpaired) electrons. The van der Waals surface area contributed by atoms with Crippen LogP contribution in [0.4, 0.5) is 0 Å². The van der Waals surface area contributed by atoms with E-state index in [1.54, 1.807) is 0 Å². The number of aromatic nitrogens is 1. The van der Waals surface area contributed by atoms with E-state index in [0.717, 1.165) is 0 Å². The van der Waals surface area contributed by atoms with E-state index >= 15 is 0 Å². The molecule has 2 rings (SSSR count). The predicted octanol–water partition coefficient (Wildman–Crippen LogP) is 12.6. The molecule has 1 nitrogen and oxygen atoms in total. The van der Waals surface area contributed by atoms with Crippen molar-refractivity contribution in [3.63, 3.8) is 0 Å². The Kier molecular flexibility index (Phi) is 22.2.